The number of nitrogens with one attached hydrogen (secondary N) is 2. The minimum atomic E-state index is -0.130. The molecular formula is C17H22N3O3+. The summed E-state index contributed by atoms with van der Waals surface area (Å²) in [5, 5.41) is 4.43. The molecule has 1 saturated heterocycles. The molecule has 0 spiro atoms. The third-order valence-corrected chi connectivity index (χ3v) is 4.20. The van der Waals surface area contributed by atoms with E-state index < -0.39 is 0 Å². The number of carbonyl (C=O) groups is 1. The summed E-state index contributed by atoms with van der Waals surface area (Å²) in [6.45, 7) is 5.12. The topological polar surface area (TPSA) is 64.8 Å². The Kier molecular flexibility index (Phi) is 5.05. The van der Waals surface area contributed by atoms with Gasteiger partial charge in [-0.2, -0.15) is 0 Å². The Morgan fingerprint density at radius 2 is 2.00 bits per heavy atom. The first-order valence-electron chi connectivity index (χ1n) is 8.00. The van der Waals surface area contributed by atoms with E-state index >= 15 is 0 Å². The van der Waals surface area contributed by atoms with Crippen molar-refractivity contribution in [2.24, 2.45) is 0 Å². The molecule has 0 radical (unpaired) electrons. The first-order valence-corrected chi connectivity index (χ1v) is 8.00. The highest BCUT2D eigenvalue weighted by molar-refractivity contribution is 5.82. The lowest BCUT2D eigenvalue weighted by atomic mass is 10.2. The van der Waals surface area contributed by atoms with E-state index in [0.717, 1.165) is 38.2 Å². The fourth-order valence-corrected chi connectivity index (χ4v) is 2.85. The van der Waals surface area contributed by atoms with Crippen LogP contribution in [-0.2, 0) is 16.1 Å². The molecule has 0 atom stereocenters. The van der Waals surface area contributed by atoms with E-state index in [1.54, 1.807) is 12.3 Å². The van der Waals surface area contributed by atoms with Crippen molar-refractivity contribution in [3.05, 3.63) is 46.9 Å². The number of aromatic nitrogens is 1. The normalized spacial score (nSPS) is 15.7. The van der Waals surface area contributed by atoms with Gasteiger partial charge in [0.1, 0.15) is 19.6 Å². The van der Waals surface area contributed by atoms with Crippen molar-refractivity contribution < 1.29 is 14.4 Å². The molecule has 0 bridgehead atoms. The van der Waals surface area contributed by atoms with Crippen molar-refractivity contribution in [3.63, 3.8) is 0 Å². The highest BCUT2D eigenvalue weighted by Crippen LogP contribution is 2.07. The molecule has 1 aliphatic heterocycles. The van der Waals surface area contributed by atoms with Gasteiger partial charge in [0, 0.05) is 11.6 Å². The smallest absolute Gasteiger partial charge is 0.258 e. The van der Waals surface area contributed by atoms with Gasteiger partial charge in [0.15, 0.2) is 0 Å². The first kappa shape index (κ1) is 15.7. The molecule has 1 aromatic carbocycles. The van der Waals surface area contributed by atoms with Crippen LogP contribution in [-0.4, -0.2) is 49.9 Å². The molecule has 0 saturated carbocycles. The van der Waals surface area contributed by atoms with Crippen LogP contribution in [0.3, 0.4) is 0 Å². The third kappa shape index (κ3) is 3.97. The number of morpholine rings is 1. The summed E-state index contributed by atoms with van der Waals surface area (Å²) >= 11 is 0. The van der Waals surface area contributed by atoms with Crippen LogP contribution in [0.4, 0.5) is 0 Å². The number of benzene rings is 1. The van der Waals surface area contributed by atoms with Crippen molar-refractivity contribution in [1.29, 1.82) is 0 Å². The van der Waals surface area contributed by atoms with Gasteiger partial charge >= 0.3 is 0 Å². The largest absolute Gasteiger partial charge is 0.370 e. The predicted octanol–water partition coefficient (Wildman–Crippen LogP) is -0.967. The molecule has 1 aliphatic rings. The van der Waals surface area contributed by atoms with Crippen LogP contribution in [0.5, 0.6) is 0 Å². The average Bonchev–Trinajstić information content (AvgIpc) is 2.59. The Morgan fingerprint density at radius 3 is 2.83 bits per heavy atom. The average molecular weight is 316 g/mol. The van der Waals surface area contributed by atoms with E-state index in [-0.39, 0.29) is 18.0 Å². The number of ether oxygens (including phenoxy) is 1. The molecule has 23 heavy (non-hydrogen) atoms. The van der Waals surface area contributed by atoms with Crippen molar-refractivity contribution in [1.82, 2.24) is 9.88 Å². The van der Waals surface area contributed by atoms with Crippen molar-refractivity contribution in [3.8, 4) is 0 Å². The molecule has 6 heteroatoms. The maximum absolute atomic E-state index is 12.4. The van der Waals surface area contributed by atoms with E-state index in [4.69, 9.17) is 4.74 Å². The maximum Gasteiger partial charge on any atom is 0.258 e. The highest BCUT2D eigenvalue weighted by Gasteiger charge is 2.13. The lowest BCUT2D eigenvalue weighted by Gasteiger charge is -2.23. The number of carbonyl (C=O) groups excluding carboxylic acids is 1. The molecule has 6 nitrogen and oxygen atoms in total. The number of hydrogen-bond acceptors (Lipinski definition) is 3. The molecule has 0 aliphatic carbocycles. The van der Waals surface area contributed by atoms with Crippen LogP contribution in [0.2, 0.25) is 0 Å². The standard InChI is InChI=1S/C17H21N3O3/c21-16(18-6-8-19-9-11-23-12-10-19)13-20-7-5-14-3-1-2-4-15(14)17(20)22/h1-5,7H,6,8-13H2,(H,18,21)/p+1. The SMILES string of the molecule is O=C(Cn1ccc2ccccc2c1=O)NCC[NH+]1CCOCC1. The van der Waals surface area contributed by atoms with Crippen LogP contribution in [0, 0.1) is 0 Å². The summed E-state index contributed by atoms with van der Waals surface area (Å²) in [5.74, 6) is -0.130. The van der Waals surface area contributed by atoms with Gasteiger partial charge in [-0.25, -0.2) is 0 Å². The van der Waals surface area contributed by atoms with Crippen molar-refractivity contribution in [2.75, 3.05) is 39.4 Å². The number of nitrogens with zero attached hydrogens (tertiary/aromatic N) is 1. The Hall–Kier alpha value is -2.18. The van der Waals surface area contributed by atoms with Gasteiger partial charge in [-0.1, -0.05) is 18.2 Å². The summed E-state index contributed by atoms with van der Waals surface area (Å²) in [7, 11) is 0. The van der Waals surface area contributed by atoms with E-state index in [0.29, 0.717) is 11.9 Å². The lowest BCUT2D eigenvalue weighted by molar-refractivity contribution is -0.906. The zero-order valence-corrected chi connectivity index (χ0v) is 13.1. The van der Waals surface area contributed by atoms with E-state index in [1.807, 2.05) is 24.3 Å². The second-order valence-electron chi connectivity index (χ2n) is 5.80. The molecule has 1 aromatic heterocycles. The van der Waals surface area contributed by atoms with Crippen LogP contribution >= 0.6 is 0 Å². The molecule has 2 aromatic rings. The van der Waals surface area contributed by atoms with Crippen LogP contribution in [0.1, 0.15) is 0 Å². The van der Waals surface area contributed by atoms with Crippen LogP contribution in [0.25, 0.3) is 10.8 Å². The molecule has 0 unspecified atom stereocenters. The monoisotopic (exact) mass is 316 g/mol. The second-order valence-corrected chi connectivity index (χ2v) is 5.80. The maximum atomic E-state index is 12.4. The van der Waals surface area contributed by atoms with Gasteiger partial charge in [-0.05, 0) is 17.5 Å². The summed E-state index contributed by atoms with van der Waals surface area (Å²) in [5.41, 5.74) is -0.128. The first-order chi connectivity index (χ1) is 11.2. The predicted molar refractivity (Wildman–Crippen MR) is 87.6 cm³/mol. The molecule has 3 rings (SSSR count). The van der Waals surface area contributed by atoms with Crippen molar-refractivity contribution in [2.45, 2.75) is 6.54 Å². The molecule has 2 N–H and O–H groups in total. The molecule has 1 fully saturated rings. The molecule has 2 heterocycles. The number of amides is 1. The summed E-state index contributed by atoms with van der Waals surface area (Å²) in [6, 6.07) is 9.27. The zero-order chi connectivity index (χ0) is 16.1. The second kappa shape index (κ2) is 7.39. The minimum Gasteiger partial charge on any atom is -0.370 e. The molecule has 1 amide bonds. The van der Waals surface area contributed by atoms with Gasteiger partial charge < -0.3 is 19.5 Å². The number of rotatable bonds is 5. The van der Waals surface area contributed by atoms with E-state index in [9.17, 15) is 9.59 Å². The Bertz CT molecular complexity index is 735. The van der Waals surface area contributed by atoms with Gasteiger partial charge in [-0.15, -0.1) is 0 Å². The van der Waals surface area contributed by atoms with Crippen LogP contribution in [0.15, 0.2) is 41.3 Å². The Labute approximate surface area is 134 Å². The van der Waals surface area contributed by atoms with Crippen LogP contribution < -0.4 is 15.8 Å². The quantitative estimate of drug-likeness (QED) is 0.746. The number of hydrogen-bond donors (Lipinski definition) is 2. The minimum absolute atomic E-state index is 0.0577. The fourth-order valence-electron chi connectivity index (χ4n) is 2.85. The Morgan fingerprint density at radius 1 is 1.22 bits per heavy atom. The van der Waals surface area contributed by atoms with E-state index in [1.165, 1.54) is 9.47 Å². The van der Waals surface area contributed by atoms with Gasteiger partial charge in [0.25, 0.3) is 5.56 Å². The van der Waals surface area contributed by atoms with Crippen molar-refractivity contribution >= 4 is 16.7 Å². The fraction of sp³-hybridized carbons (Fsp3) is 0.412. The number of fused-ring (bicyclic) bond motifs is 1. The molecule has 122 valence electrons. The van der Waals surface area contributed by atoms with Gasteiger partial charge in [0.2, 0.25) is 5.91 Å². The number of quaternary nitrogens is 1. The molecular weight excluding hydrogens is 294 g/mol. The lowest BCUT2D eigenvalue weighted by Crippen LogP contribution is -3.14. The third-order valence-electron chi connectivity index (χ3n) is 4.20. The van der Waals surface area contributed by atoms with Gasteiger partial charge in [-0.3, -0.25) is 9.59 Å². The zero-order valence-electron chi connectivity index (χ0n) is 13.1. The summed E-state index contributed by atoms with van der Waals surface area (Å²) in [6.07, 6.45) is 1.68. The number of pyridine rings is 1. The van der Waals surface area contributed by atoms with Gasteiger partial charge in [0.05, 0.1) is 26.3 Å². The summed E-state index contributed by atoms with van der Waals surface area (Å²) < 4.78 is 6.77. The Balaban J connectivity index is 1.55. The summed E-state index contributed by atoms with van der Waals surface area (Å²) in [4.78, 5) is 25.8. The highest BCUT2D eigenvalue weighted by atomic mass is 16.5. The van der Waals surface area contributed by atoms with E-state index in [2.05, 4.69) is 5.32 Å².